The molecule has 0 radical (unpaired) electrons. The Morgan fingerprint density at radius 1 is 1.48 bits per heavy atom. The fourth-order valence-corrected chi connectivity index (χ4v) is 3.29. The molecule has 0 saturated heterocycles. The summed E-state index contributed by atoms with van der Waals surface area (Å²) in [6.07, 6.45) is 3.90. The molecule has 0 aliphatic carbocycles. The molecule has 116 valence electrons. The van der Waals surface area contributed by atoms with Crippen molar-refractivity contribution in [2.45, 2.75) is 44.0 Å². The first-order valence-electron chi connectivity index (χ1n) is 6.92. The maximum Gasteiger partial charge on any atom is 0.257 e. The van der Waals surface area contributed by atoms with Crippen molar-refractivity contribution in [2.24, 2.45) is 5.73 Å². The summed E-state index contributed by atoms with van der Waals surface area (Å²) in [5.41, 5.74) is 6.56. The zero-order valence-corrected chi connectivity index (χ0v) is 13.0. The van der Waals surface area contributed by atoms with Crippen LogP contribution in [-0.4, -0.2) is 31.1 Å². The number of hydrogen-bond donors (Lipinski definition) is 2. The first-order valence-corrected chi connectivity index (χ1v) is 8.40. The highest BCUT2D eigenvalue weighted by molar-refractivity contribution is 7.89. The highest BCUT2D eigenvalue weighted by Gasteiger charge is 2.21. The third-order valence-corrected chi connectivity index (χ3v) is 4.80. The number of sulfonamides is 1. The summed E-state index contributed by atoms with van der Waals surface area (Å²) in [5.74, 6) is 0. The van der Waals surface area contributed by atoms with E-state index in [0.29, 0.717) is 23.2 Å². The van der Waals surface area contributed by atoms with Crippen molar-refractivity contribution in [3.8, 4) is 0 Å². The van der Waals surface area contributed by atoms with Gasteiger partial charge in [0, 0.05) is 12.6 Å². The molecule has 0 spiro atoms. The molecule has 2 aromatic heterocycles. The van der Waals surface area contributed by atoms with Crippen molar-refractivity contribution in [1.82, 2.24) is 14.9 Å². The fourth-order valence-electron chi connectivity index (χ4n) is 2.04. The number of unbranched alkanes of at least 4 members (excludes halogenated alkanes) is 1. The first kappa shape index (κ1) is 15.9. The highest BCUT2D eigenvalue weighted by Crippen LogP contribution is 2.19. The maximum atomic E-state index is 12.4. The standard InChI is InChI=1S/C13H20N4O3S/c1-3-4-5-10(7-14)17-21(18,19)11-6-12-9(2)16-20-13(12)15-8-11/h6,8,10,17H,3-5,7,14H2,1-2H3/t10-/m0/s1. The van der Waals surface area contributed by atoms with Gasteiger partial charge in [-0.05, 0) is 19.4 Å². The Labute approximate surface area is 124 Å². The van der Waals surface area contributed by atoms with Gasteiger partial charge in [-0.25, -0.2) is 18.1 Å². The van der Waals surface area contributed by atoms with Gasteiger partial charge in [0.15, 0.2) is 0 Å². The Morgan fingerprint density at radius 3 is 2.90 bits per heavy atom. The van der Waals surface area contributed by atoms with E-state index < -0.39 is 10.0 Å². The fraction of sp³-hybridized carbons (Fsp3) is 0.538. The number of aromatic nitrogens is 2. The number of aryl methyl sites for hydroxylation is 1. The Kier molecular flexibility index (Phi) is 4.92. The summed E-state index contributed by atoms with van der Waals surface area (Å²) >= 11 is 0. The van der Waals surface area contributed by atoms with Gasteiger partial charge in [-0.2, -0.15) is 0 Å². The second-order valence-electron chi connectivity index (χ2n) is 4.99. The molecule has 0 unspecified atom stereocenters. The maximum absolute atomic E-state index is 12.4. The van der Waals surface area contributed by atoms with Crippen LogP contribution in [0.15, 0.2) is 21.7 Å². The quantitative estimate of drug-likeness (QED) is 0.797. The molecule has 1 atom stereocenters. The van der Waals surface area contributed by atoms with Gasteiger partial charge in [0.1, 0.15) is 4.90 Å². The molecule has 2 heterocycles. The summed E-state index contributed by atoms with van der Waals surface area (Å²) in [5, 5.41) is 4.36. The van der Waals surface area contributed by atoms with Crippen LogP contribution in [0.25, 0.3) is 11.1 Å². The zero-order chi connectivity index (χ0) is 15.5. The molecule has 0 aliphatic heterocycles. The van der Waals surface area contributed by atoms with Crippen molar-refractivity contribution in [1.29, 1.82) is 0 Å². The Hall–Kier alpha value is -1.51. The van der Waals surface area contributed by atoms with Gasteiger partial charge in [0.2, 0.25) is 10.0 Å². The topological polar surface area (TPSA) is 111 Å². The number of nitrogens with one attached hydrogen (secondary N) is 1. The van der Waals surface area contributed by atoms with E-state index in [1.165, 1.54) is 12.3 Å². The van der Waals surface area contributed by atoms with Crippen LogP contribution in [0.1, 0.15) is 31.9 Å². The molecule has 0 fully saturated rings. The lowest BCUT2D eigenvalue weighted by molar-refractivity contribution is 0.442. The number of fused-ring (bicyclic) bond motifs is 1. The molecule has 2 rings (SSSR count). The minimum Gasteiger partial charge on any atom is -0.336 e. The molecule has 0 amide bonds. The summed E-state index contributed by atoms with van der Waals surface area (Å²) in [7, 11) is -3.65. The largest absolute Gasteiger partial charge is 0.336 e. The molecule has 21 heavy (non-hydrogen) atoms. The van der Waals surface area contributed by atoms with Crippen LogP contribution in [0.2, 0.25) is 0 Å². The molecule has 0 aliphatic rings. The predicted molar refractivity (Wildman–Crippen MR) is 79.2 cm³/mol. The van der Waals surface area contributed by atoms with Crippen LogP contribution in [0.5, 0.6) is 0 Å². The van der Waals surface area contributed by atoms with Gasteiger partial charge in [-0.3, -0.25) is 0 Å². The Morgan fingerprint density at radius 2 is 2.24 bits per heavy atom. The number of rotatable bonds is 7. The molecule has 0 saturated carbocycles. The zero-order valence-electron chi connectivity index (χ0n) is 12.2. The van der Waals surface area contributed by atoms with E-state index in [1.807, 2.05) is 0 Å². The second-order valence-corrected chi connectivity index (χ2v) is 6.70. The van der Waals surface area contributed by atoms with Crippen LogP contribution in [0.4, 0.5) is 0 Å². The Bertz CT molecular complexity index is 711. The molecule has 0 bridgehead atoms. The molecule has 7 nitrogen and oxygen atoms in total. The minimum absolute atomic E-state index is 0.0937. The molecule has 0 aromatic carbocycles. The molecule has 8 heteroatoms. The third kappa shape index (κ3) is 3.58. The van der Waals surface area contributed by atoms with Crippen molar-refractivity contribution in [2.75, 3.05) is 6.54 Å². The predicted octanol–water partition coefficient (Wildman–Crippen LogP) is 1.33. The van der Waals surface area contributed by atoms with E-state index in [0.717, 1.165) is 12.8 Å². The molecular weight excluding hydrogens is 292 g/mol. The van der Waals surface area contributed by atoms with Crippen LogP contribution < -0.4 is 10.5 Å². The monoisotopic (exact) mass is 312 g/mol. The molecule has 2 aromatic rings. The summed E-state index contributed by atoms with van der Waals surface area (Å²) in [4.78, 5) is 4.08. The van der Waals surface area contributed by atoms with Crippen molar-refractivity contribution in [3.05, 3.63) is 18.0 Å². The lowest BCUT2D eigenvalue weighted by atomic mass is 10.1. The van der Waals surface area contributed by atoms with Crippen molar-refractivity contribution < 1.29 is 12.9 Å². The van der Waals surface area contributed by atoms with Gasteiger partial charge in [0.05, 0.1) is 17.3 Å². The van der Waals surface area contributed by atoms with Gasteiger partial charge < -0.3 is 10.3 Å². The van der Waals surface area contributed by atoms with Crippen LogP contribution >= 0.6 is 0 Å². The first-order chi connectivity index (χ1) is 9.97. The summed E-state index contributed by atoms with van der Waals surface area (Å²) in [6.45, 7) is 4.05. The van der Waals surface area contributed by atoms with Gasteiger partial charge in [0.25, 0.3) is 5.71 Å². The Balaban J connectivity index is 2.25. The van der Waals surface area contributed by atoms with E-state index in [1.54, 1.807) is 6.92 Å². The molecular formula is C13H20N4O3S. The summed E-state index contributed by atoms with van der Waals surface area (Å²) in [6, 6.07) is 1.25. The van der Waals surface area contributed by atoms with Crippen LogP contribution in [-0.2, 0) is 10.0 Å². The highest BCUT2D eigenvalue weighted by atomic mass is 32.2. The van der Waals surface area contributed by atoms with E-state index in [2.05, 4.69) is 21.8 Å². The average molecular weight is 312 g/mol. The van der Waals surface area contributed by atoms with Gasteiger partial charge in [-0.1, -0.05) is 24.9 Å². The number of nitrogens with two attached hydrogens (primary N) is 1. The van der Waals surface area contributed by atoms with Crippen molar-refractivity contribution in [3.63, 3.8) is 0 Å². The lowest BCUT2D eigenvalue weighted by Crippen LogP contribution is -2.40. The van der Waals surface area contributed by atoms with E-state index >= 15 is 0 Å². The normalized spacial score (nSPS) is 13.7. The van der Waals surface area contributed by atoms with Crippen LogP contribution in [0.3, 0.4) is 0 Å². The number of hydrogen-bond acceptors (Lipinski definition) is 6. The summed E-state index contributed by atoms with van der Waals surface area (Å²) < 4.78 is 32.4. The molecule has 3 N–H and O–H groups in total. The third-order valence-electron chi connectivity index (χ3n) is 3.31. The minimum atomic E-state index is -3.65. The van der Waals surface area contributed by atoms with Crippen LogP contribution in [0, 0.1) is 6.92 Å². The van der Waals surface area contributed by atoms with E-state index in [4.69, 9.17) is 10.3 Å². The SMILES string of the molecule is CCCC[C@@H](CN)NS(=O)(=O)c1cnc2onc(C)c2c1. The van der Waals surface area contributed by atoms with E-state index in [9.17, 15) is 8.42 Å². The number of pyridine rings is 1. The number of nitrogens with zero attached hydrogens (tertiary/aromatic N) is 2. The van der Waals surface area contributed by atoms with Crippen molar-refractivity contribution >= 4 is 21.1 Å². The smallest absolute Gasteiger partial charge is 0.257 e. The second kappa shape index (κ2) is 6.50. The average Bonchev–Trinajstić information content (AvgIpc) is 2.84. The lowest BCUT2D eigenvalue weighted by Gasteiger charge is -2.16. The van der Waals surface area contributed by atoms with E-state index in [-0.39, 0.29) is 17.5 Å². The van der Waals surface area contributed by atoms with Gasteiger partial charge >= 0.3 is 0 Å². The van der Waals surface area contributed by atoms with Gasteiger partial charge in [-0.15, -0.1) is 0 Å².